The van der Waals surface area contributed by atoms with E-state index in [1.165, 1.54) is 11.3 Å². The van der Waals surface area contributed by atoms with Crippen LogP contribution < -0.4 is 0 Å². The highest BCUT2D eigenvalue weighted by molar-refractivity contribution is 5.75. The van der Waals surface area contributed by atoms with E-state index in [1.54, 1.807) is 6.07 Å². The lowest BCUT2D eigenvalue weighted by Crippen LogP contribution is -2.36. The van der Waals surface area contributed by atoms with Crippen molar-refractivity contribution in [3.05, 3.63) is 41.7 Å². The second-order valence-electron chi connectivity index (χ2n) is 7.11. The monoisotopic (exact) mass is 358 g/mol. The first-order chi connectivity index (χ1) is 12.6. The van der Waals surface area contributed by atoms with Gasteiger partial charge in [0.15, 0.2) is 0 Å². The van der Waals surface area contributed by atoms with Crippen LogP contribution in [0.25, 0.3) is 0 Å². The Hall–Kier alpha value is -2.21. The molecule has 2 heterocycles. The van der Waals surface area contributed by atoms with Gasteiger partial charge in [0.25, 0.3) is 0 Å². The molecule has 0 bridgehead atoms. The molecule has 0 aliphatic carbocycles. The molecule has 0 spiro atoms. The van der Waals surface area contributed by atoms with Crippen molar-refractivity contribution in [1.29, 1.82) is 0 Å². The molecule has 1 aliphatic heterocycles. The predicted octanol–water partition coefficient (Wildman–Crippen LogP) is 2.77. The number of phenolic OH excluding ortho intramolecular Hbond substituents is 1. The molecule has 2 aromatic rings. The zero-order valence-corrected chi connectivity index (χ0v) is 15.8. The van der Waals surface area contributed by atoms with Gasteiger partial charge in [0.05, 0.1) is 5.69 Å². The second-order valence-corrected chi connectivity index (χ2v) is 7.11. The van der Waals surface area contributed by atoms with Crippen LogP contribution in [0.1, 0.15) is 43.9 Å². The van der Waals surface area contributed by atoms with Crippen LogP contribution in [-0.2, 0) is 17.9 Å². The lowest BCUT2D eigenvalue weighted by Gasteiger charge is -2.33. The third kappa shape index (κ3) is 4.49. The average Bonchev–Trinajstić information content (AvgIpc) is 2.61. The number of amides is 1. The van der Waals surface area contributed by atoms with Gasteiger partial charge in [-0.25, -0.2) is 0 Å². The third-order valence-electron chi connectivity index (χ3n) is 5.34. The number of carbonyl (C=O) groups is 1. The number of rotatable bonds is 7. The summed E-state index contributed by atoms with van der Waals surface area (Å²) in [6.07, 6.45) is 4.27. The molecular weight excluding hydrogens is 328 g/mol. The number of nitrogens with one attached hydrogen (secondary N) is 1. The third-order valence-corrected chi connectivity index (χ3v) is 5.34. The fourth-order valence-corrected chi connectivity index (χ4v) is 3.80. The number of likely N-dealkylation sites (tertiary alicyclic amines) is 1. The molecule has 142 valence electrons. The van der Waals surface area contributed by atoms with Crippen molar-refractivity contribution in [2.75, 3.05) is 26.2 Å². The standard InChI is InChI=1S/C20H30N4O2/c1-3-23(4-2)20(26)15-24-14-18(21-24)13-22-10-8-16(9-11-22)17-6-5-7-19(25)12-17/h5-7,12,14,16,21,25H,3-4,8-11,13,15H2,1-2H3. The lowest BCUT2D eigenvalue weighted by molar-refractivity contribution is -0.131. The number of piperidine rings is 1. The minimum absolute atomic E-state index is 0.157. The molecule has 3 rings (SSSR count). The van der Waals surface area contributed by atoms with Gasteiger partial charge in [0.1, 0.15) is 12.3 Å². The summed E-state index contributed by atoms with van der Waals surface area (Å²) in [5.41, 5.74) is 2.42. The summed E-state index contributed by atoms with van der Waals surface area (Å²) in [6.45, 7) is 8.93. The topological polar surface area (TPSA) is 64.5 Å². The Morgan fingerprint density at radius 2 is 1.96 bits per heavy atom. The summed E-state index contributed by atoms with van der Waals surface area (Å²) in [7, 11) is 0. The smallest absolute Gasteiger partial charge is 0.244 e. The van der Waals surface area contributed by atoms with Crippen molar-refractivity contribution in [3.63, 3.8) is 0 Å². The molecule has 6 heteroatoms. The Kier molecular flexibility index (Phi) is 6.04. The van der Waals surface area contributed by atoms with Gasteiger partial charge >= 0.3 is 0 Å². The number of aromatic amines is 1. The number of likely N-dealkylation sites (N-methyl/N-ethyl adjacent to an activating group) is 1. The number of H-pyrrole nitrogens is 1. The minimum atomic E-state index is 0.157. The summed E-state index contributed by atoms with van der Waals surface area (Å²) >= 11 is 0. The summed E-state index contributed by atoms with van der Waals surface area (Å²) in [5, 5.41) is 12.9. The molecule has 26 heavy (non-hydrogen) atoms. The number of carbonyl (C=O) groups excluding carboxylic acids is 1. The predicted molar refractivity (Wildman–Crippen MR) is 102 cm³/mol. The quantitative estimate of drug-likeness (QED) is 0.800. The van der Waals surface area contributed by atoms with Crippen molar-refractivity contribution in [2.45, 2.75) is 45.7 Å². The van der Waals surface area contributed by atoms with Gasteiger partial charge in [-0.15, -0.1) is 0 Å². The van der Waals surface area contributed by atoms with E-state index in [0.717, 1.165) is 45.6 Å². The molecule has 0 saturated carbocycles. The molecule has 1 aromatic heterocycles. The minimum Gasteiger partial charge on any atom is -0.508 e. The van der Waals surface area contributed by atoms with Crippen LogP contribution in [0, 0.1) is 0 Å². The number of hydrogen-bond acceptors (Lipinski definition) is 3. The van der Waals surface area contributed by atoms with Crippen LogP contribution in [0.5, 0.6) is 5.75 Å². The Labute approximate surface area is 155 Å². The van der Waals surface area contributed by atoms with Crippen LogP contribution in [0.4, 0.5) is 0 Å². The van der Waals surface area contributed by atoms with Crippen molar-refractivity contribution in [2.24, 2.45) is 0 Å². The number of benzene rings is 1. The van der Waals surface area contributed by atoms with E-state index in [1.807, 2.05) is 41.8 Å². The van der Waals surface area contributed by atoms with Gasteiger partial charge < -0.3 is 10.0 Å². The number of aromatic hydroxyl groups is 1. The van der Waals surface area contributed by atoms with E-state index >= 15 is 0 Å². The normalized spacial score (nSPS) is 16.1. The van der Waals surface area contributed by atoms with Crippen LogP contribution in [0.15, 0.2) is 30.5 Å². The fourth-order valence-electron chi connectivity index (χ4n) is 3.80. The van der Waals surface area contributed by atoms with Crippen LogP contribution in [-0.4, -0.2) is 56.8 Å². The first kappa shape index (κ1) is 18.6. The molecule has 0 unspecified atom stereocenters. The van der Waals surface area contributed by atoms with Gasteiger partial charge in [-0.1, -0.05) is 12.1 Å². The number of hydrogen-bond donors (Lipinski definition) is 2. The van der Waals surface area contributed by atoms with E-state index < -0.39 is 0 Å². The van der Waals surface area contributed by atoms with E-state index in [4.69, 9.17) is 0 Å². The molecule has 2 N–H and O–H groups in total. The molecule has 0 atom stereocenters. The summed E-state index contributed by atoms with van der Waals surface area (Å²) < 4.78 is 1.87. The molecule has 1 fully saturated rings. The summed E-state index contributed by atoms with van der Waals surface area (Å²) in [5.74, 6) is 1.04. The van der Waals surface area contributed by atoms with Gasteiger partial charge in [-0.3, -0.25) is 19.5 Å². The van der Waals surface area contributed by atoms with E-state index in [-0.39, 0.29) is 5.91 Å². The van der Waals surface area contributed by atoms with Gasteiger partial charge in [0, 0.05) is 25.8 Å². The maximum Gasteiger partial charge on any atom is 0.244 e. The van der Waals surface area contributed by atoms with E-state index in [9.17, 15) is 9.90 Å². The second kappa shape index (κ2) is 8.45. The molecular formula is C20H30N4O2. The Bertz CT molecular complexity index is 697. The van der Waals surface area contributed by atoms with Crippen LogP contribution in [0.2, 0.25) is 0 Å². The first-order valence-corrected chi connectivity index (χ1v) is 9.62. The Balaban J connectivity index is 1.44. The first-order valence-electron chi connectivity index (χ1n) is 9.62. The van der Waals surface area contributed by atoms with Crippen molar-refractivity contribution < 1.29 is 9.90 Å². The number of nitrogens with zero attached hydrogens (tertiary/aromatic N) is 3. The van der Waals surface area contributed by atoms with Gasteiger partial charge in [-0.2, -0.15) is 0 Å². The highest BCUT2D eigenvalue weighted by atomic mass is 16.3. The number of phenols is 1. The molecule has 1 saturated heterocycles. The average molecular weight is 358 g/mol. The largest absolute Gasteiger partial charge is 0.508 e. The zero-order valence-electron chi connectivity index (χ0n) is 15.8. The van der Waals surface area contributed by atoms with Crippen LogP contribution in [0.3, 0.4) is 0 Å². The maximum absolute atomic E-state index is 12.1. The van der Waals surface area contributed by atoms with Gasteiger partial charge in [-0.05, 0) is 63.4 Å². The highest BCUT2D eigenvalue weighted by Crippen LogP contribution is 2.30. The molecule has 1 aromatic carbocycles. The molecule has 1 amide bonds. The highest BCUT2D eigenvalue weighted by Gasteiger charge is 2.22. The zero-order chi connectivity index (χ0) is 18.5. The lowest BCUT2D eigenvalue weighted by atomic mass is 9.89. The number of aromatic nitrogens is 2. The maximum atomic E-state index is 12.1. The van der Waals surface area contributed by atoms with Crippen molar-refractivity contribution in [3.8, 4) is 5.75 Å². The molecule has 0 radical (unpaired) electrons. The molecule has 6 nitrogen and oxygen atoms in total. The Morgan fingerprint density at radius 1 is 1.27 bits per heavy atom. The SMILES string of the molecule is CCN(CC)C(=O)Cn1cc(CN2CCC(c3cccc(O)c3)CC2)[nH]1. The fraction of sp³-hybridized carbons (Fsp3) is 0.550. The Morgan fingerprint density at radius 3 is 2.58 bits per heavy atom. The van der Waals surface area contributed by atoms with E-state index in [2.05, 4.69) is 16.1 Å². The molecule has 1 aliphatic rings. The van der Waals surface area contributed by atoms with Crippen molar-refractivity contribution >= 4 is 5.91 Å². The van der Waals surface area contributed by atoms with Crippen LogP contribution >= 0.6 is 0 Å². The van der Waals surface area contributed by atoms with Crippen molar-refractivity contribution in [1.82, 2.24) is 19.6 Å². The van der Waals surface area contributed by atoms with E-state index in [0.29, 0.717) is 18.2 Å². The summed E-state index contributed by atoms with van der Waals surface area (Å²) in [4.78, 5) is 16.4. The summed E-state index contributed by atoms with van der Waals surface area (Å²) in [6, 6.07) is 7.65. The van der Waals surface area contributed by atoms with Gasteiger partial charge in [0.2, 0.25) is 5.91 Å².